The predicted octanol–water partition coefficient (Wildman–Crippen LogP) is 2.72. The number of anilines is 1. The van der Waals surface area contributed by atoms with Crippen molar-refractivity contribution in [1.29, 1.82) is 0 Å². The molecule has 2 N–H and O–H groups in total. The SMILES string of the molecule is CON(C(=O)C1(O)CCCCC1NC(=O)OC(C)(C)C)c1ccnc2cccnc12. The third-order valence-corrected chi connectivity index (χ3v) is 5.00. The lowest BCUT2D eigenvalue weighted by Crippen LogP contribution is -2.63. The summed E-state index contributed by atoms with van der Waals surface area (Å²) in [6.45, 7) is 5.25. The van der Waals surface area contributed by atoms with E-state index in [1.165, 1.54) is 7.11 Å². The van der Waals surface area contributed by atoms with Crippen molar-refractivity contribution in [2.75, 3.05) is 12.2 Å². The van der Waals surface area contributed by atoms with Gasteiger partial charge in [-0.1, -0.05) is 6.42 Å². The van der Waals surface area contributed by atoms with Crippen molar-refractivity contribution in [2.24, 2.45) is 0 Å². The molecule has 2 unspecified atom stereocenters. The van der Waals surface area contributed by atoms with E-state index in [-0.39, 0.29) is 6.42 Å². The molecule has 9 nitrogen and oxygen atoms in total. The Hall–Kier alpha value is -2.78. The molecule has 0 aliphatic heterocycles. The number of carbonyl (C=O) groups excluding carboxylic acids is 2. The number of nitrogens with zero attached hydrogens (tertiary/aromatic N) is 3. The van der Waals surface area contributed by atoms with Gasteiger partial charge in [-0.15, -0.1) is 0 Å². The Kier molecular flexibility index (Phi) is 6.23. The minimum Gasteiger partial charge on any atom is -0.444 e. The molecule has 30 heavy (non-hydrogen) atoms. The molecule has 2 heterocycles. The lowest BCUT2D eigenvalue weighted by molar-refractivity contribution is -0.150. The molecule has 0 saturated heterocycles. The second kappa shape index (κ2) is 8.53. The van der Waals surface area contributed by atoms with Gasteiger partial charge in [0.05, 0.1) is 18.7 Å². The lowest BCUT2D eigenvalue weighted by Gasteiger charge is -2.41. The largest absolute Gasteiger partial charge is 0.444 e. The van der Waals surface area contributed by atoms with Gasteiger partial charge in [0.25, 0.3) is 5.91 Å². The summed E-state index contributed by atoms with van der Waals surface area (Å²) in [5, 5.41) is 15.1. The van der Waals surface area contributed by atoms with Gasteiger partial charge in [0.2, 0.25) is 0 Å². The summed E-state index contributed by atoms with van der Waals surface area (Å²) in [5.74, 6) is -0.677. The van der Waals surface area contributed by atoms with Crippen LogP contribution in [0.1, 0.15) is 46.5 Å². The number of fused-ring (bicyclic) bond motifs is 1. The number of aromatic nitrogens is 2. The molecule has 0 spiro atoms. The molecule has 2 aromatic heterocycles. The first kappa shape index (κ1) is 21.9. The Labute approximate surface area is 175 Å². The van der Waals surface area contributed by atoms with Crippen LogP contribution in [0.25, 0.3) is 11.0 Å². The molecule has 2 amide bonds. The summed E-state index contributed by atoms with van der Waals surface area (Å²) in [4.78, 5) is 39.7. The lowest BCUT2D eigenvalue weighted by atomic mass is 9.79. The van der Waals surface area contributed by atoms with Crippen LogP contribution < -0.4 is 10.4 Å². The average molecular weight is 416 g/mol. The van der Waals surface area contributed by atoms with E-state index in [2.05, 4.69) is 15.3 Å². The Morgan fingerprint density at radius 2 is 2.00 bits per heavy atom. The van der Waals surface area contributed by atoms with E-state index >= 15 is 0 Å². The number of rotatable bonds is 4. The van der Waals surface area contributed by atoms with Gasteiger partial charge >= 0.3 is 6.09 Å². The summed E-state index contributed by atoms with van der Waals surface area (Å²) >= 11 is 0. The maximum atomic E-state index is 13.5. The Morgan fingerprint density at radius 1 is 1.23 bits per heavy atom. The highest BCUT2D eigenvalue weighted by Crippen LogP contribution is 2.34. The fraction of sp³-hybridized carbons (Fsp3) is 0.524. The number of hydrogen-bond donors (Lipinski definition) is 2. The van der Waals surface area contributed by atoms with E-state index in [0.717, 1.165) is 11.5 Å². The minimum absolute atomic E-state index is 0.183. The highest BCUT2D eigenvalue weighted by molar-refractivity contribution is 6.03. The molecular formula is C21H28N4O5. The quantitative estimate of drug-likeness (QED) is 0.737. The number of aliphatic hydroxyl groups is 1. The van der Waals surface area contributed by atoms with Crippen LogP contribution >= 0.6 is 0 Å². The van der Waals surface area contributed by atoms with Gasteiger partial charge < -0.3 is 15.2 Å². The van der Waals surface area contributed by atoms with Crippen molar-refractivity contribution in [3.8, 4) is 0 Å². The molecule has 0 bridgehead atoms. The van der Waals surface area contributed by atoms with Crippen molar-refractivity contribution >= 4 is 28.7 Å². The third-order valence-electron chi connectivity index (χ3n) is 5.00. The Morgan fingerprint density at radius 3 is 2.70 bits per heavy atom. The highest BCUT2D eigenvalue weighted by atomic mass is 16.7. The summed E-state index contributed by atoms with van der Waals surface area (Å²) < 4.78 is 5.31. The molecule has 3 rings (SSSR count). The van der Waals surface area contributed by atoms with Crippen LogP contribution in [0.4, 0.5) is 10.5 Å². The van der Waals surface area contributed by atoms with E-state index in [9.17, 15) is 14.7 Å². The molecule has 1 saturated carbocycles. The van der Waals surface area contributed by atoms with Gasteiger partial charge in [-0.25, -0.2) is 4.79 Å². The Balaban J connectivity index is 1.91. The zero-order chi connectivity index (χ0) is 21.9. The smallest absolute Gasteiger partial charge is 0.407 e. The highest BCUT2D eigenvalue weighted by Gasteiger charge is 2.49. The van der Waals surface area contributed by atoms with Crippen molar-refractivity contribution in [3.63, 3.8) is 0 Å². The molecule has 0 aromatic carbocycles. The third kappa shape index (κ3) is 4.52. The van der Waals surface area contributed by atoms with Crippen LogP contribution in [0.15, 0.2) is 30.6 Å². The van der Waals surface area contributed by atoms with Gasteiger partial charge in [-0.05, 0) is 58.2 Å². The first-order valence-corrected chi connectivity index (χ1v) is 9.96. The van der Waals surface area contributed by atoms with Crippen molar-refractivity contribution in [3.05, 3.63) is 30.6 Å². The second-order valence-corrected chi connectivity index (χ2v) is 8.35. The topological polar surface area (TPSA) is 114 Å². The molecule has 9 heteroatoms. The predicted molar refractivity (Wildman–Crippen MR) is 111 cm³/mol. The zero-order valence-corrected chi connectivity index (χ0v) is 17.7. The first-order chi connectivity index (χ1) is 14.2. The summed E-state index contributed by atoms with van der Waals surface area (Å²) in [5.41, 5.74) is -1.13. The minimum atomic E-state index is -1.85. The molecule has 1 aliphatic carbocycles. The van der Waals surface area contributed by atoms with Crippen LogP contribution in [-0.2, 0) is 14.4 Å². The van der Waals surface area contributed by atoms with E-state index in [4.69, 9.17) is 9.57 Å². The van der Waals surface area contributed by atoms with E-state index < -0.39 is 29.2 Å². The summed E-state index contributed by atoms with van der Waals surface area (Å²) in [6.07, 6.45) is 4.48. The van der Waals surface area contributed by atoms with Crippen LogP contribution in [0.5, 0.6) is 0 Å². The molecule has 0 radical (unpaired) electrons. The summed E-state index contributed by atoms with van der Waals surface area (Å²) in [6, 6.07) is 4.30. The molecule has 2 aromatic rings. The van der Waals surface area contributed by atoms with Gasteiger partial charge in [0, 0.05) is 12.4 Å². The molecular weight excluding hydrogens is 388 g/mol. The Bertz CT molecular complexity index is 924. The van der Waals surface area contributed by atoms with Gasteiger partial charge in [-0.3, -0.25) is 19.6 Å². The van der Waals surface area contributed by atoms with Gasteiger partial charge in [0.1, 0.15) is 16.8 Å². The van der Waals surface area contributed by atoms with E-state index in [1.807, 2.05) is 0 Å². The fourth-order valence-electron chi connectivity index (χ4n) is 3.65. The van der Waals surface area contributed by atoms with Gasteiger partial charge in [-0.2, -0.15) is 5.06 Å². The van der Waals surface area contributed by atoms with Gasteiger partial charge in [0.15, 0.2) is 5.60 Å². The number of hydroxylamine groups is 1. The monoisotopic (exact) mass is 416 g/mol. The molecule has 1 fully saturated rings. The van der Waals surface area contributed by atoms with Crippen molar-refractivity contribution in [2.45, 2.75) is 63.7 Å². The number of amides is 2. The van der Waals surface area contributed by atoms with Crippen LogP contribution in [0, 0.1) is 0 Å². The number of ether oxygens (including phenoxy) is 1. The van der Waals surface area contributed by atoms with Crippen LogP contribution in [-0.4, -0.2) is 51.4 Å². The number of pyridine rings is 2. The van der Waals surface area contributed by atoms with Crippen molar-refractivity contribution < 1.29 is 24.3 Å². The normalized spacial score (nSPS) is 21.8. The number of carbonyl (C=O) groups is 2. The van der Waals surface area contributed by atoms with E-state index in [0.29, 0.717) is 29.6 Å². The number of hydrogen-bond acceptors (Lipinski definition) is 7. The molecule has 1 aliphatic rings. The van der Waals surface area contributed by atoms with Crippen molar-refractivity contribution in [1.82, 2.24) is 15.3 Å². The maximum Gasteiger partial charge on any atom is 0.407 e. The summed E-state index contributed by atoms with van der Waals surface area (Å²) in [7, 11) is 1.34. The molecule has 162 valence electrons. The second-order valence-electron chi connectivity index (χ2n) is 8.35. The molecule has 2 atom stereocenters. The van der Waals surface area contributed by atoms with Crippen LogP contribution in [0.2, 0.25) is 0 Å². The zero-order valence-electron chi connectivity index (χ0n) is 17.7. The average Bonchev–Trinajstić information content (AvgIpc) is 2.69. The fourth-order valence-corrected chi connectivity index (χ4v) is 3.65. The first-order valence-electron chi connectivity index (χ1n) is 9.96. The standard InChI is InChI=1S/C21H28N4O5/c1-20(2,3)30-19(27)24-16-9-5-6-11-21(16,28)18(26)25(29-4)15-10-13-22-14-8-7-12-23-17(14)15/h7-8,10,12-13,16,28H,5-6,9,11H2,1-4H3,(H,24,27). The van der Waals surface area contributed by atoms with Crippen LogP contribution in [0.3, 0.4) is 0 Å². The number of nitrogens with one attached hydrogen (secondary N) is 1. The number of alkyl carbamates (subject to hydrolysis) is 1. The van der Waals surface area contributed by atoms with E-state index in [1.54, 1.807) is 51.4 Å². The maximum absolute atomic E-state index is 13.5.